The van der Waals surface area contributed by atoms with E-state index in [-0.39, 0.29) is 11.9 Å². The highest BCUT2D eigenvalue weighted by Gasteiger charge is 2.16. The van der Waals surface area contributed by atoms with Crippen LogP contribution in [-0.2, 0) is 13.6 Å². The maximum atomic E-state index is 12.2. The molecule has 0 aliphatic carbocycles. The lowest BCUT2D eigenvalue weighted by Crippen LogP contribution is -2.31. The summed E-state index contributed by atoms with van der Waals surface area (Å²) in [6.07, 6.45) is 3.56. The Balaban J connectivity index is 2.04. The van der Waals surface area contributed by atoms with Crippen LogP contribution in [0.1, 0.15) is 30.5 Å². The van der Waals surface area contributed by atoms with Gasteiger partial charge in [0.2, 0.25) is 0 Å². The molecular weight excluding hydrogens is 274 g/mol. The standard InChI is InChI=1S/C13H19N5OS/c1-9(2)12-10(7-18(4)16-12)15-13(19)17(3)8-11-14-5-6-20-11/h5-7,9H,8H2,1-4H3,(H,15,19). The highest BCUT2D eigenvalue weighted by Crippen LogP contribution is 2.22. The minimum Gasteiger partial charge on any atom is -0.321 e. The highest BCUT2D eigenvalue weighted by molar-refractivity contribution is 7.09. The van der Waals surface area contributed by atoms with Gasteiger partial charge in [-0.2, -0.15) is 5.10 Å². The Bertz CT molecular complexity index is 576. The molecule has 2 aromatic rings. The number of aryl methyl sites for hydroxylation is 1. The maximum absolute atomic E-state index is 12.2. The van der Waals surface area contributed by atoms with E-state index >= 15 is 0 Å². The maximum Gasteiger partial charge on any atom is 0.322 e. The zero-order valence-electron chi connectivity index (χ0n) is 12.1. The van der Waals surface area contributed by atoms with Crippen LogP contribution in [0.2, 0.25) is 0 Å². The van der Waals surface area contributed by atoms with E-state index in [2.05, 4.69) is 29.2 Å². The van der Waals surface area contributed by atoms with Gasteiger partial charge in [0.05, 0.1) is 17.9 Å². The van der Waals surface area contributed by atoms with E-state index in [0.717, 1.165) is 16.4 Å². The number of nitrogens with one attached hydrogen (secondary N) is 1. The number of nitrogens with zero attached hydrogens (tertiary/aromatic N) is 4. The summed E-state index contributed by atoms with van der Waals surface area (Å²) >= 11 is 1.54. The lowest BCUT2D eigenvalue weighted by Gasteiger charge is -2.16. The van der Waals surface area contributed by atoms with Crippen LogP contribution >= 0.6 is 11.3 Å². The van der Waals surface area contributed by atoms with Crippen LogP contribution in [-0.4, -0.2) is 32.7 Å². The lowest BCUT2D eigenvalue weighted by atomic mass is 10.1. The molecule has 7 heteroatoms. The first kappa shape index (κ1) is 14.5. The van der Waals surface area contributed by atoms with Crippen LogP contribution in [0.25, 0.3) is 0 Å². The summed E-state index contributed by atoms with van der Waals surface area (Å²) in [4.78, 5) is 18.0. The van der Waals surface area contributed by atoms with Crippen molar-refractivity contribution in [2.75, 3.05) is 12.4 Å². The molecule has 0 unspecified atom stereocenters. The Morgan fingerprint density at radius 2 is 2.30 bits per heavy atom. The number of hydrogen-bond donors (Lipinski definition) is 1. The number of carbonyl (C=O) groups is 1. The molecule has 1 N–H and O–H groups in total. The van der Waals surface area contributed by atoms with E-state index in [4.69, 9.17) is 0 Å². The third-order valence-electron chi connectivity index (χ3n) is 2.85. The minimum absolute atomic E-state index is 0.157. The van der Waals surface area contributed by atoms with Crippen molar-refractivity contribution in [3.63, 3.8) is 0 Å². The second-order valence-electron chi connectivity index (χ2n) is 4.97. The Kier molecular flexibility index (Phi) is 4.39. The molecule has 0 aliphatic rings. The van der Waals surface area contributed by atoms with Gasteiger partial charge in [-0.25, -0.2) is 9.78 Å². The van der Waals surface area contributed by atoms with Crippen molar-refractivity contribution in [3.8, 4) is 0 Å². The molecule has 108 valence electrons. The number of anilines is 1. The predicted molar refractivity (Wildman–Crippen MR) is 79.9 cm³/mol. The van der Waals surface area contributed by atoms with Crippen LogP contribution in [0, 0.1) is 0 Å². The Morgan fingerprint density at radius 3 is 2.90 bits per heavy atom. The van der Waals surface area contributed by atoms with Gasteiger partial charge in [-0.1, -0.05) is 13.8 Å². The smallest absolute Gasteiger partial charge is 0.321 e. The van der Waals surface area contributed by atoms with Crippen molar-refractivity contribution >= 4 is 23.1 Å². The molecule has 6 nitrogen and oxygen atoms in total. The van der Waals surface area contributed by atoms with E-state index in [9.17, 15) is 4.79 Å². The first-order chi connectivity index (χ1) is 9.47. The molecule has 2 aromatic heterocycles. The normalized spacial score (nSPS) is 10.8. The monoisotopic (exact) mass is 293 g/mol. The van der Waals surface area contributed by atoms with E-state index in [1.807, 2.05) is 18.6 Å². The first-order valence-corrected chi connectivity index (χ1v) is 7.29. The summed E-state index contributed by atoms with van der Waals surface area (Å²) in [6.45, 7) is 4.61. The van der Waals surface area contributed by atoms with Gasteiger partial charge in [0.1, 0.15) is 5.01 Å². The Hall–Kier alpha value is -1.89. The van der Waals surface area contributed by atoms with E-state index in [0.29, 0.717) is 6.54 Å². The predicted octanol–water partition coefficient (Wildman–Crippen LogP) is 2.66. The molecule has 2 heterocycles. The zero-order valence-corrected chi connectivity index (χ0v) is 12.9. The van der Waals surface area contributed by atoms with E-state index in [1.165, 1.54) is 11.3 Å². The topological polar surface area (TPSA) is 63.1 Å². The molecule has 0 saturated carbocycles. The molecule has 0 fully saturated rings. The second kappa shape index (κ2) is 6.04. The summed E-state index contributed by atoms with van der Waals surface area (Å²) in [5.41, 5.74) is 1.65. The van der Waals surface area contributed by atoms with E-state index in [1.54, 1.807) is 22.8 Å². The molecule has 2 rings (SSSR count). The molecule has 0 spiro atoms. The zero-order chi connectivity index (χ0) is 14.7. The van der Waals surface area contributed by atoms with Crippen molar-refractivity contribution in [3.05, 3.63) is 28.5 Å². The van der Waals surface area contributed by atoms with Crippen molar-refractivity contribution in [1.29, 1.82) is 0 Å². The Labute approximate surface area is 122 Å². The highest BCUT2D eigenvalue weighted by atomic mass is 32.1. The molecule has 0 radical (unpaired) electrons. The van der Waals surface area contributed by atoms with Crippen molar-refractivity contribution < 1.29 is 4.79 Å². The molecule has 0 aromatic carbocycles. The van der Waals surface area contributed by atoms with Crippen molar-refractivity contribution in [2.24, 2.45) is 7.05 Å². The SMILES string of the molecule is CC(C)c1nn(C)cc1NC(=O)N(C)Cc1nccs1. The van der Waals surface area contributed by atoms with Gasteiger partial charge in [0.25, 0.3) is 0 Å². The van der Waals surface area contributed by atoms with Crippen LogP contribution in [0.15, 0.2) is 17.8 Å². The average molecular weight is 293 g/mol. The van der Waals surface area contributed by atoms with Gasteiger partial charge < -0.3 is 10.2 Å². The fourth-order valence-corrected chi connectivity index (χ4v) is 2.51. The van der Waals surface area contributed by atoms with Gasteiger partial charge in [-0.15, -0.1) is 11.3 Å². The van der Waals surface area contributed by atoms with E-state index < -0.39 is 0 Å². The number of rotatable bonds is 4. The van der Waals surface area contributed by atoms with Gasteiger partial charge in [-0.3, -0.25) is 4.68 Å². The fraction of sp³-hybridized carbons (Fsp3) is 0.462. The number of aromatic nitrogens is 3. The van der Waals surface area contributed by atoms with Gasteiger partial charge in [0, 0.05) is 31.9 Å². The van der Waals surface area contributed by atoms with Gasteiger partial charge in [0.15, 0.2) is 0 Å². The quantitative estimate of drug-likeness (QED) is 0.942. The van der Waals surface area contributed by atoms with Crippen LogP contribution in [0.4, 0.5) is 10.5 Å². The number of hydrogen-bond acceptors (Lipinski definition) is 4. The molecule has 0 aliphatic heterocycles. The van der Waals surface area contributed by atoms with Crippen LogP contribution in [0.5, 0.6) is 0 Å². The van der Waals surface area contributed by atoms with Crippen molar-refractivity contribution in [2.45, 2.75) is 26.3 Å². The number of carbonyl (C=O) groups excluding carboxylic acids is 1. The number of thiazole rings is 1. The minimum atomic E-state index is -0.157. The average Bonchev–Trinajstić information content (AvgIpc) is 2.98. The Morgan fingerprint density at radius 1 is 1.55 bits per heavy atom. The molecule has 20 heavy (non-hydrogen) atoms. The summed E-state index contributed by atoms with van der Waals surface area (Å²) in [7, 11) is 3.60. The lowest BCUT2D eigenvalue weighted by molar-refractivity contribution is 0.220. The molecule has 0 bridgehead atoms. The summed E-state index contributed by atoms with van der Waals surface area (Å²) < 4.78 is 1.71. The third kappa shape index (κ3) is 3.36. The molecule has 2 amide bonds. The fourth-order valence-electron chi connectivity index (χ4n) is 1.84. The van der Waals surface area contributed by atoms with Gasteiger partial charge in [-0.05, 0) is 5.92 Å². The molecular formula is C13H19N5OS. The third-order valence-corrected chi connectivity index (χ3v) is 3.61. The summed E-state index contributed by atoms with van der Waals surface area (Å²) in [6, 6.07) is -0.157. The van der Waals surface area contributed by atoms with Crippen LogP contribution < -0.4 is 5.32 Å². The largest absolute Gasteiger partial charge is 0.322 e. The molecule has 0 saturated heterocycles. The molecule has 0 atom stereocenters. The van der Waals surface area contributed by atoms with Crippen molar-refractivity contribution in [1.82, 2.24) is 19.7 Å². The second-order valence-corrected chi connectivity index (χ2v) is 5.95. The van der Waals surface area contributed by atoms with Crippen LogP contribution in [0.3, 0.4) is 0 Å². The summed E-state index contributed by atoms with van der Waals surface area (Å²) in [5.74, 6) is 0.260. The number of amides is 2. The van der Waals surface area contributed by atoms with Gasteiger partial charge >= 0.3 is 6.03 Å². The first-order valence-electron chi connectivity index (χ1n) is 6.41. The number of urea groups is 1. The summed E-state index contributed by atoms with van der Waals surface area (Å²) in [5, 5.41) is 10.1.